The Morgan fingerprint density at radius 2 is 0.595 bits per heavy atom. The van der Waals surface area contributed by atoms with Crippen LogP contribution in [0.5, 0.6) is 0 Å². The first kappa shape index (κ1) is 51.3. The van der Waals surface area contributed by atoms with Crippen molar-refractivity contribution in [3.63, 3.8) is 0 Å². The number of rotatable bonds is 13. The highest BCUT2D eigenvalue weighted by Gasteiger charge is 2.33. The van der Waals surface area contributed by atoms with Crippen LogP contribution in [0.1, 0.15) is 56.6 Å². The van der Waals surface area contributed by atoms with Crippen LogP contribution in [-0.4, -0.2) is 5.84 Å². The van der Waals surface area contributed by atoms with Crippen LogP contribution >= 0.6 is 0 Å². The lowest BCUT2D eigenvalue weighted by Gasteiger charge is -2.36. The molecule has 0 fully saturated rings. The molecular weight excluding hydrogens is 1010 g/mol. The maximum absolute atomic E-state index is 5.66. The van der Waals surface area contributed by atoms with Gasteiger partial charge < -0.3 is 10.6 Å². The molecule has 398 valence electrons. The quantitative estimate of drug-likeness (QED) is 0.121. The number of benzene rings is 12. The molecule has 3 nitrogen and oxygen atoms in total. The molecule has 0 amide bonds. The van der Waals surface area contributed by atoms with Gasteiger partial charge >= 0.3 is 0 Å². The number of dihydropyridines is 1. The molecule has 0 aliphatic carbocycles. The summed E-state index contributed by atoms with van der Waals surface area (Å²) in [5.41, 5.74) is 25.9. The maximum Gasteiger partial charge on any atom is 0.134 e. The summed E-state index contributed by atoms with van der Waals surface area (Å²) in [6.45, 7) is 0. The highest BCUT2D eigenvalue weighted by Crippen LogP contribution is 2.50. The molecule has 0 spiro atoms. The van der Waals surface area contributed by atoms with E-state index in [2.05, 4.69) is 344 Å². The van der Waals surface area contributed by atoms with E-state index < -0.39 is 0 Å². The predicted octanol–water partition coefficient (Wildman–Crippen LogP) is 20.0. The first-order valence-electron chi connectivity index (χ1n) is 28.9. The van der Waals surface area contributed by atoms with Crippen molar-refractivity contribution in [1.29, 1.82) is 0 Å². The van der Waals surface area contributed by atoms with Crippen molar-refractivity contribution < 1.29 is 0 Å². The van der Waals surface area contributed by atoms with Crippen LogP contribution in [-0.2, 0) is 0 Å². The number of hydrogen-bond donors (Lipinski definition) is 2. The molecule has 12 aromatic carbocycles. The SMILES string of the molecule is C1=C(c2cc(-c3ccccc3)cc(-c3ccccc3)c2)N=C(c2cccc(-c3cccc(C4=C(c5ccccc5)C(c5ccccc5)NC(c5ccccc5)=C4c4ccccc4)c3)c2)NC1c1cc(-c2ccccc2)cc(-c2ccccc2)c1. The van der Waals surface area contributed by atoms with Crippen LogP contribution in [0.4, 0.5) is 0 Å². The minimum absolute atomic E-state index is 0.154. The van der Waals surface area contributed by atoms with E-state index in [1.54, 1.807) is 0 Å². The molecule has 12 aromatic rings. The van der Waals surface area contributed by atoms with E-state index in [1.165, 1.54) is 16.7 Å². The third-order valence-electron chi connectivity index (χ3n) is 16.1. The van der Waals surface area contributed by atoms with Crippen molar-refractivity contribution in [3.8, 4) is 55.6 Å². The summed E-state index contributed by atoms with van der Waals surface area (Å²) in [5.74, 6) is 0.799. The number of amidine groups is 1. The van der Waals surface area contributed by atoms with E-state index in [0.29, 0.717) is 0 Å². The molecule has 0 saturated heterocycles. The zero-order chi connectivity index (χ0) is 56.0. The molecule has 2 unspecified atom stereocenters. The second kappa shape index (κ2) is 23.3. The molecule has 0 bridgehead atoms. The van der Waals surface area contributed by atoms with E-state index in [-0.39, 0.29) is 12.1 Å². The highest BCUT2D eigenvalue weighted by atomic mass is 15.0. The van der Waals surface area contributed by atoms with Crippen molar-refractivity contribution in [2.45, 2.75) is 12.1 Å². The predicted molar refractivity (Wildman–Crippen MR) is 352 cm³/mol. The molecular formula is C81H59N3. The molecule has 14 rings (SSSR count). The van der Waals surface area contributed by atoms with Crippen molar-refractivity contribution in [1.82, 2.24) is 10.6 Å². The fourth-order valence-corrected chi connectivity index (χ4v) is 12.1. The largest absolute Gasteiger partial charge is 0.373 e. The molecule has 84 heavy (non-hydrogen) atoms. The Morgan fingerprint density at radius 1 is 0.238 bits per heavy atom. The van der Waals surface area contributed by atoms with Crippen molar-refractivity contribution in [3.05, 3.63) is 378 Å². The topological polar surface area (TPSA) is 36.4 Å². The van der Waals surface area contributed by atoms with Gasteiger partial charge in [-0.1, -0.05) is 279 Å². The first-order valence-corrected chi connectivity index (χ1v) is 28.9. The average Bonchev–Trinajstić information content (AvgIpc) is 1.88. The van der Waals surface area contributed by atoms with Gasteiger partial charge in [-0.25, -0.2) is 4.99 Å². The van der Waals surface area contributed by atoms with Crippen LogP contribution in [0.3, 0.4) is 0 Å². The Bertz CT molecular complexity index is 4300. The fraction of sp³-hybridized carbons (Fsp3) is 0.0247. The van der Waals surface area contributed by atoms with Gasteiger partial charge in [0.25, 0.3) is 0 Å². The molecule has 2 atom stereocenters. The summed E-state index contributed by atoms with van der Waals surface area (Å²) in [6.07, 6.45) is 2.32. The van der Waals surface area contributed by atoms with Gasteiger partial charge in [0.2, 0.25) is 0 Å². The minimum atomic E-state index is -0.242. The normalized spacial score (nSPS) is 14.9. The van der Waals surface area contributed by atoms with Crippen LogP contribution in [0.15, 0.2) is 339 Å². The summed E-state index contributed by atoms with van der Waals surface area (Å²) in [5, 5.41) is 8.17. The van der Waals surface area contributed by atoms with Crippen LogP contribution in [0, 0.1) is 0 Å². The average molecular weight is 1070 g/mol. The number of aliphatic imine (C=N–C) groups is 1. The molecule has 2 aliphatic heterocycles. The Balaban J connectivity index is 0.942. The Labute approximate surface area is 492 Å². The number of allylic oxidation sites excluding steroid dienone is 2. The smallest absolute Gasteiger partial charge is 0.134 e. The van der Waals surface area contributed by atoms with E-state index in [0.717, 1.165) is 117 Å². The van der Waals surface area contributed by atoms with Crippen LogP contribution in [0.25, 0.3) is 83.7 Å². The Kier molecular flexibility index (Phi) is 14.2. The standard InChI is InChI=1S/C81H59N3/c1-9-27-56(28-10-1)68-49-69(57-29-11-2-12-30-57)52-72(51-68)74-55-75(73-53-70(58-31-13-3-14-32-58)50-71(54-73)59-33-15-4-16-34-59)83-81(82-74)67-46-26-44-65(48-67)64-43-25-45-66(47-64)76-77(60-35-17-5-18-36-60)79(62-39-21-7-22-40-62)84-80(63-41-23-8-24-42-63)78(76)61-37-19-6-20-38-61/h1-55,74,79,84H,(H,82,83). The lowest BCUT2D eigenvalue weighted by molar-refractivity contribution is 0.781. The molecule has 0 radical (unpaired) electrons. The molecule has 0 aromatic heterocycles. The molecule has 0 saturated carbocycles. The van der Waals surface area contributed by atoms with Gasteiger partial charge in [-0.3, -0.25) is 0 Å². The third kappa shape index (κ3) is 10.7. The van der Waals surface area contributed by atoms with Crippen LogP contribution < -0.4 is 10.6 Å². The highest BCUT2D eigenvalue weighted by molar-refractivity contribution is 6.24. The number of nitrogens with one attached hydrogen (secondary N) is 2. The summed E-state index contributed by atoms with van der Waals surface area (Å²) in [4.78, 5) is 5.66. The second-order valence-electron chi connectivity index (χ2n) is 21.5. The lowest BCUT2D eigenvalue weighted by Crippen LogP contribution is -2.31. The first-order chi connectivity index (χ1) is 41.6. The summed E-state index contributed by atoms with van der Waals surface area (Å²) in [7, 11) is 0. The third-order valence-corrected chi connectivity index (χ3v) is 16.1. The van der Waals surface area contributed by atoms with Gasteiger partial charge in [-0.15, -0.1) is 0 Å². The Morgan fingerprint density at radius 3 is 1.08 bits per heavy atom. The van der Waals surface area contributed by atoms with Crippen molar-refractivity contribution in [2.75, 3.05) is 0 Å². The van der Waals surface area contributed by atoms with Crippen molar-refractivity contribution >= 4 is 33.9 Å². The van der Waals surface area contributed by atoms with E-state index in [1.807, 2.05) is 0 Å². The van der Waals surface area contributed by atoms with Crippen molar-refractivity contribution in [2.24, 2.45) is 4.99 Å². The fourth-order valence-electron chi connectivity index (χ4n) is 12.1. The van der Waals surface area contributed by atoms with Gasteiger partial charge in [-0.2, -0.15) is 0 Å². The van der Waals surface area contributed by atoms with Gasteiger partial charge in [0, 0.05) is 16.7 Å². The summed E-state index contributed by atoms with van der Waals surface area (Å²) in [6, 6.07) is 118. The lowest BCUT2D eigenvalue weighted by atomic mass is 9.76. The van der Waals surface area contributed by atoms with Gasteiger partial charge in [0.05, 0.1) is 23.5 Å². The summed E-state index contributed by atoms with van der Waals surface area (Å²) >= 11 is 0. The molecule has 2 heterocycles. The zero-order valence-electron chi connectivity index (χ0n) is 46.4. The van der Waals surface area contributed by atoms with E-state index in [9.17, 15) is 0 Å². The maximum atomic E-state index is 5.66. The second-order valence-corrected chi connectivity index (χ2v) is 21.5. The van der Waals surface area contributed by atoms with Gasteiger partial charge in [0.15, 0.2) is 0 Å². The van der Waals surface area contributed by atoms with E-state index in [4.69, 9.17) is 4.99 Å². The van der Waals surface area contributed by atoms with Crippen LogP contribution in [0.2, 0.25) is 0 Å². The molecule has 2 aliphatic rings. The Hall–Kier alpha value is -10.9. The molecule has 3 heteroatoms. The monoisotopic (exact) mass is 1070 g/mol. The zero-order valence-corrected chi connectivity index (χ0v) is 46.4. The minimum Gasteiger partial charge on any atom is -0.373 e. The van der Waals surface area contributed by atoms with Gasteiger partial charge in [-0.05, 0) is 155 Å². The number of hydrogen-bond acceptors (Lipinski definition) is 3. The number of nitrogens with zero attached hydrogens (tertiary/aromatic N) is 1. The summed E-state index contributed by atoms with van der Waals surface area (Å²) < 4.78 is 0. The molecule has 2 N–H and O–H groups in total. The van der Waals surface area contributed by atoms with Gasteiger partial charge in [0.1, 0.15) is 5.84 Å². The van der Waals surface area contributed by atoms with E-state index >= 15 is 0 Å².